The van der Waals surface area contributed by atoms with Gasteiger partial charge in [-0.15, -0.1) is 0 Å². The molecule has 1 aromatic heterocycles. The monoisotopic (exact) mass is 292 g/mol. The summed E-state index contributed by atoms with van der Waals surface area (Å²) in [5, 5.41) is 6.67. The molecule has 2 N–H and O–H groups in total. The first-order chi connectivity index (χ1) is 10.3. The van der Waals surface area contributed by atoms with Crippen LogP contribution in [0.25, 0.3) is 0 Å². The Morgan fingerprint density at radius 3 is 2.86 bits per heavy atom. The third kappa shape index (κ3) is 5.79. The van der Waals surface area contributed by atoms with Crippen molar-refractivity contribution in [3.8, 4) is 0 Å². The molecular formula is C16H28N4O. The third-order valence-corrected chi connectivity index (χ3v) is 3.91. The number of piperidine rings is 1. The molecule has 21 heavy (non-hydrogen) atoms. The number of nitrogens with zero attached hydrogens (tertiary/aromatic N) is 2. The molecule has 118 valence electrons. The normalized spacial score (nSPS) is 17.9. The Morgan fingerprint density at radius 2 is 2.19 bits per heavy atom. The van der Waals surface area contributed by atoms with Gasteiger partial charge in [-0.05, 0) is 50.9 Å². The molecule has 0 radical (unpaired) electrons. The van der Waals surface area contributed by atoms with E-state index in [0.717, 1.165) is 37.3 Å². The zero-order valence-corrected chi connectivity index (χ0v) is 13.3. The van der Waals surface area contributed by atoms with Crippen LogP contribution in [0.3, 0.4) is 0 Å². The fourth-order valence-electron chi connectivity index (χ4n) is 2.52. The van der Waals surface area contributed by atoms with Gasteiger partial charge >= 0.3 is 0 Å². The van der Waals surface area contributed by atoms with Crippen molar-refractivity contribution >= 4 is 5.96 Å². The number of nitrogens with one attached hydrogen (secondary N) is 2. The molecule has 0 unspecified atom stereocenters. The van der Waals surface area contributed by atoms with E-state index >= 15 is 0 Å². The smallest absolute Gasteiger partial charge is 0.191 e. The van der Waals surface area contributed by atoms with Crippen LogP contribution < -0.4 is 10.6 Å². The van der Waals surface area contributed by atoms with Crippen molar-refractivity contribution in [3.05, 3.63) is 24.2 Å². The van der Waals surface area contributed by atoms with Crippen LogP contribution >= 0.6 is 0 Å². The molecule has 0 atom stereocenters. The van der Waals surface area contributed by atoms with E-state index in [1.54, 1.807) is 6.26 Å². The summed E-state index contributed by atoms with van der Waals surface area (Å²) in [6, 6.07) is 3.84. The van der Waals surface area contributed by atoms with Crippen LogP contribution in [0.5, 0.6) is 0 Å². The Bertz CT molecular complexity index is 408. The highest BCUT2D eigenvalue weighted by Gasteiger charge is 2.14. The summed E-state index contributed by atoms with van der Waals surface area (Å²) in [6.45, 7) is 10.3. The van der Waals surface area contributed by atoms with E-state index in [1.165, 1.54) is 25.9 Å². The van der Waals surface area contributed by atoms with Crippen molar-refractivity contribution in [2.24, 2.45) is 10.9 Å². The molecule has 0 aliphatic carbocycles. The second-order valence-electron chi connectivity index (χ2n) is 5.73. The highest BCUT2D eigenvalue weighted by Crippen LogP contribution is 2.15. The minimum absolute atomic E-state index is 0.573. The van der Waals surface area contributed by atoms with Crippen LogP contribution in [0.15, 0.2) is 27.8 Å². The first-order valence-corrected chi connectivity index (χ1v) is 8.05. The van der Waals surface area contributed by atoms with Gasteiger partial charge in [0.15, 0.2) is 5.96 Å². The molecular weight excluding hydrogens is 264 g/mol. The molecule has 0 saturated carbocycles. The SMILES string of the molecule is CCNC(=NCc1ccco1)NCCN1CCC(C)CC1. The maximum atomic E-state index is 5.30. The molecule has 2 heterocycles. The first-order valence-electron chi connectivity index (χ1n) is 8.05. The van der Waals surface area contributed by atoms with Gasteiger partial charge in [0.1, 0.15) is 12.3 Å². The summed E-state index contributed by atoms with van der Waals surface area (Å²) in [4.78, 5) is 7.06. The number of guanidine groups is 1. The fraction of sp³-hybridized carbons (Fsp3) is 0.688. The number of furan rings is 1. The van der Waals surface area contributed by atoms with Gasteiger partial charge in [-0.1, -0.05) is 6.92 Å². The topological polar surface area (TPSA) is 52.8 Å². The van der Waals surface area contributed by atoms with Crippen LogP contribution in [0.2, 0.25) is 0 Å². The minimum Gasteiger partial charge on any atom is -0.467 e. The van der Waals surface area contributed by atoms with Gasteiger partial charge in [-0.2, -0.15) is 0 Å². The largest absolute Gasteiger partial charge is 0.467 e. The highest BCUT2D eigenvalue weighted by molar-refractivity contribution is 5.79. The second-order valence-corrected chi connectivity index (χ2v) is 5.73. The minimum atomic E-state index is 0.573. The molecule has 5 heteroatoms. The van der Waals surface area contributed by atoms with Crippen LogP contribution in [0.1, 0.15) is 32.4 Å². The average Bonchev–Trinajstić information content (AvgIpc) is 3.00. The van der Waals surface area contributed by atoms with E-state index in [9.17, 15) is 0 Å². The van der Waals surface area contributed by atoms with Crippen molar-refractivity contribution in [1.29, 1.82) is 0 Å². The Kier molecular flexibility index (Phi) is 6.60. The number of hydrogen-bond donors (Lipinski definition) is 2. The summed E-state index contributed by atoms with van der Waals surface area (Å²) >= 11 is 0. The summed E-state index contributed by atoms with van der Waals surface area (Å²) < 4.78 is 5.30. The summed E-state index contributed by atoms with van der Waals surface area (Å²) in [5.74, 6) is 2.64. The summed E-state index contributed by atoms with van der Waals surface area (Å²) in [5.41, 5.74) is 0. The maximum Gasteiger partial charge on any atom is 0.191 e. The van der Waals surface area contributed by atoms with Crippen LogP contribution in [0.4, 0.5) is 0 Å². The van der Waals surface area contributed by atoms with Gasteiger partial charge in [0, 0.05) is 19.6 Å². The maximum absolute atomic E-state index is 5.30. The van der Waals surface area contributed by atoms with Gasteiger partial charge in [-0.3, -0.25) is 0 Å². The van der Waals surface area contributed by atoms with Crippen LogP contribution in [-0.2, 0) is 6.54 Å². The Hall–Kier alpha value is -1.49. The molecule has 1 fully saturated rings. The van der Waals surface area contributed by atoms with Gasteiger partial charge < -0.3 is 20.0 Å². The molecule has 2 rings (SSSR count). The van der Waals surface area contributed by atoms with Crippen molar-refractivity contribution in [1.82, 2.24) is 15.5 Å². The molecule has 5 nitrogen and oxygen atoms in total. The number of hydrogen-bond acceptors (Lipinski definition) is 3. The number of aliphatic imine (C=N–C) groups is 1. The lowest BCUT2D eigenvalue weighted by Gasteiger charge is -2.30. The molecule has 0 spiro atoms. The molecule has 1 aliphatic rings. The van der Waals surface area contributed by atoms with Gasteiger partial charge in [-0.25, -0.2) is 4.99 Å². The van der Waals surface area contributed by atoms with Crippen molar-refractivity contribution in [2.45, 2.75) is 33.2 Å². The average molecular weight is 292 g/mol. The van der Waals surface area contributed by atoms with Crippen LogP contribution in [0, 0.1) is 5.92 Å². The lowest BCUT2D eigenvalue weighted by Crippen LogP contribution is -2.43. The Balaban J connectivity index is 1.70. The van der Waals surface area contributed by atoms with E-state index in [0.29, 0.717) is 6.54 Å². The van der Waals surface area contributed by atoms with Crippen molar-refractivity contribution < 1.29 is 4.42 Å². The number of rotatable bonds is 6. The van der Waals surface area contributed by atoms with E-state index in [4.69, 9.17) is 4.42 Å². The predicted molar refractivity (Wildman–Crippen MR) is 86.4 cm³/mol. The van der Waals surface area contributed by atoms with E-state index < -0.39 is 0 Å². The van der Waals surface area contributed by atoms with E-state index in [2.05, 4.69) is 34.4 Å². The van der Waals surface area contributed by atoms with Crippen LogP contribution in [-0.4, -0.2) is 43.6 Å². The lowest BCUT2D eigenvalue weighted by atomic mass is 9.99. The molecule has 0 bridgehead atoms. The van der Waals surface area contributed by atoms with E-state index in [1.807, 2.05) is 12.1 Å². The highest BCUT2D eigenvalue weighted by atomic mass is 16.3. The molecule has 0 aromatic carbocycles. The fourth-order valence-corrected chi connectivity index (χ4v) is 2.52. The molecule has 1 aromatic rings. The zero-order chi connectivity index (χ0) is 14.9. The Morgan fingerprint density at radius 1 is 1.38 bits per heavy atom. The quantitative estimate of drug-likeness (QED) is 0.622. The van der Waals surface area contributed by atoms with Crippen molar-refractivity contribution in [3.63, 3.8) is 0 Å². The molecule has 1 aliphatic heterocycles. The molecule has 0 amide bonds. The summed E-state index contributed by atoms with van der Waals surface area (Å²) in [6.07, 6.45) is 4.34. The Labute approximate surface area is 127 Å². The summed E-state index contributed by atoms with van der Waals surface area (Å²) in [7, 11) is 0. The molecule has 1 saturated heterocycles. The van der Waals surface area contributed by atoms with Gasteiger partial charge in [0.05, 0.1) is 6.26 Å². The number of likely N-dealkylation sites (tertiary alicyclic amines) is 1. The van der Waals surface area contributed by atoms with Crippen molar-refractivity contribution in [2.75, 3.05) is 32.7 Å². The lowest BCUT2D eigenvalue weighted by molar-refractivity contribution is 0.195. The predicted octanol–water partition coefficient (Wildman–Crippen LogP) is 2.07. The first kappa shape index (κ1) is 15.9. The third-order valence-electron chi connectivity index (χ3n) is 3.91. The second kappa shape index (κ2) is 8.72. The van der Waals surface area contributed by atoms with Gasteiger partial charge in [0.2, 0.25) is 0 Å². The van der Waals surface area contributed by atoms with E-state index in [-0.39, 0.29) is 0 Å². The standard InChI is InChI=1S/C16H28N4O/c1-3-17-16(19-13-15-5-4-12-21-15)18-8-11-20-9-6-14(2)7-10-20/h4-5,12,14H,3,6-11,13H2,1-2H3,(H2,17,18,19). The van der Waals surface area contributed by atoms with Gasteiger partial charge in [0.25, 0.3) is 0 Å². The zero-order valence-electron chi connectivity index (χ0n) is 13.3.